The van der Waals surface area contributed by atoms with Gasteiger partial charge in [0.1, 0.15) is 0 Å². The van der Waals surface area contributed by atoms with Gasteiger partial charge in [0.2, 0.25) is 0 Å². The average Bonchev–Trinajstić information content (AvgIpc) is 2.80. The second-order valence-electron chi connectivity index (χ2n) is 4.35. The molecule has 2 nitrogen and oxygen atoms in total. The average molecular weight is 189 g/mol. The molecule has 0 saturated carbocycles. The van der Waals surface area contributed by atoms with Crippen molar-refractivity contribution in [1.82, 2.24) is 0 Å². The van der Waals surface area contributed by atoms with E-state index in [4.69, 9.17) is 0 Å². The molecule has 0 heterocycles. The van der Waals surface area contributed by atoms with Crippen LogP contribution in [-0.4, -0.2) is 5.21 Å². The molecular formula is C12H15NO. The minimum atomic E-state index is 1.03. The molecule has 0 spiro atoms. The topological polar surface area (TPSA) is 32.3 Å². The second kappa shape index (κ2) is 2.99. The predicted octanol–water partition coefficient (Wildman–Crippen LogP) is 2.47. The van der Waals surface area contributed by atoms with E-state index in [0.717, 1.165) is 18.5 Å². The first-order valence-electron chi connectivity index (χ1n) is 5.47. The van der Waals surface area contributed by atoms with Gasteiger partial charge in [-0.15, -0.1) is 0 Å². The summed E-state index contributed by atoms with van der Waals surface area (Å²) < 4.78 is 0. The molecule has 0 radical (unpaired) electrons. The molecule has 0 bridgehead atoms. The lowest BCUT2D eigenvalue weighted by Gasteiger charge is -2.12. The summed E-state index contributed by atoms with van der Waals surface area (Å²) >= 11 is 0. The third-order valence-corrected chi connectivity index (χ3v) is 3.58. The van der Waals surface area contributed by atoms with Crippen LogP contribution >= 0.6 is 0 Å². The zero-order valence-corrected chi connectivity index (χ0v) is 8.27. The van der Waals surface area contributed by atoms with Gasteiger partial charge in [-0.25, -0.2) is 0 Å². The molecule has 0 aliphatic heterocycles. The van der Waals surface area contributed by atoms with Gasteiger partial charge in [-0.2, -0.15) is 0 Å². The third-order valence-electron chi connectivity index (χ3n) is 3.58. The second-order valence-corrected chi connectivity index (χ2v) is 4.35. The molecule has 2 N–H and O–H groups in total. The first-order chi connectivity index (χ1) is 6.90. The monoisotopic (exact) mass is 189 g/mol. The maximum atomic E-state index is 9.22. The highest BCUT2D eigenvalue weighted by atomic mass is 16.5. The first-order valence-corrected chi connectivity index (χ1v) is 5.47. The quantitative estimate of drug-likeness (QED) is 0.665. The van der Waals surface area contributed by atoms with Gasteiger partial charge in [0.05, 0.1) is 5.69 Å². The fourth-order valence-electron chi connectivity index (χ4n) is 2.95. The van der Waals surface area contributed by atoms with Crippen molar-refractivity contribution in [3.05, 3.63) is 28.3 Å². The number of benzene rings is 1. The van der Waals surface area contributed by atoms with Crippen LogP contribution in [0.25, 0.3) is 0 Å². The summed E-state index contributed by atoms with van der Waals surface area (Å²) in [4.78, 5) is 0. The van der Waals surface area contributed by atoms with E-state index in [1.165, 1.54) is 47.9 Å². The number of fused-ring (bicyclic) bond motifs is 2. The zero-order chi connectivity index (χ0) is 9.54. The van der Waals surface area contributed by atoms with Crippen molar-refractivity contribution >= 4 is 5.69 Å². The molecule has 0 unspecified atom stereocenters. The maximum Gasteiger partial charge on any atom is 0.0671 e. The Hall–Kier alpha value is -1.02. The van der Waals surface area contributed by atoms with E-state index in [9.17, 15) is 5.21 Å². The number of aryl methyl sites for hydroxylation is 2. The van der Waals surface area contributed by atoms with Crippen LogP contribution in [0.1, 0.15) is 35.1 Å². The highest BCUT2D eigenvalue weighted by molar-refractivity contribution is 5.64. The molecule has 0 aromatic heterocycles. The van der Waals surface area contributed by atoms with E-state index in [1.807, 2.05) is 0 Å². The van der Waals surface area contributed by atoms with Crippen molar-refractivity contribution in [3.8, 4) is 0 Å². The Morgan fingerprint density at radius 3 is 2.00 bits per heavy atom. The fourth-order valence-corrected chi connectivity index (χ4v) is 2.95. The Morgan fingerprint density at radius 2 is 1.50 bits per heavy atom. The Bertz CT molecular complexity index is 352. The van der Waals surface area contributed by atoms with Crippen molar-refractivity contribution in [2.75, 3.05) is 5.48 Å². The maximum absolute atomic E-state index is 9.22. The van der Waals surface area contributed by atoms with E-state index >= 15 is 0 Å². The number of hydrogen-bond acceptors (Lipinski definition) is 2. The molecule has 1 aromatic rings. The number of rotatable bonds is 1. The smallest absolute Gasteiger partial charge is 0.0671 e. The SMILES string of the molecule is ONc1c2c(cc3c1CCC3)CCC2. The Labute approximate surface area is 83.9 Å². The minimum absolute atomic E-state index is 1.03. The van der Waals surface area contributed by atoms with Crippen LogP contribution in [0.3, 0.4) is 0 Å². The van der Waals surface area contributed by atoms with Crippen LogP contribution in [0.15, 0.2) is 6.07 Å². The van der Waals surface area contributed by atoms with Gasteiger partial charge in [-0.1, -0.05) is 6.07 Å². The van der Waals surface area contributed by atoms with Crippen molar-refractivity contribution in [1.29, 1.82) is 0 Å². The number of anilines is 1. The lowest BCUT2D eigenvalue weighted by atomic mass is 9.99. The van der Waals surface area contributed by atoms with Gasteiger partial charge in [0.15, 0.2) is 0 Å². The summed E-state index contributed by atoms with van der Waals surface area (Å²) in [6, 6.07) is 2.37. The summed E-state index contributed by atoms with van der Waals surface area (Å²) in [6.07, 6.45) is 7.13. The Morgan fingerprint density at radius 1 is 0.929 bits per heavy atom. The van der Waals surface area contributed by atoms with E-state index in [-0.39, 0.29) is 0 Å². The van der Waals surface area contributed by atoms with Crippen LogP contribution in [0, 0.1) is 0 Å². The van der Waals surface area contributed by atoms with Gasteiger partial charge in [-0.05, 0) is 60.8 Å². The third kappa shape index (κ3) is 1.01. The molecule has 14 heavy (non-hydrogen) atoms. The first kappa shape index (κ1) is 8.30. The van der Waals surface area contributed by atoms with Crippen LogP contribution in [0.2, 0.25) is 0 Å². The van der Waals surface area contributed by atoms with Gasteiger partial charge >= 0.3 is 0 Å². The summed E-state index contributed by atoms with van der Waals surface area (Å²) in [6.45, 7) is 0. The summed E-state index contributed by atoms with van der Waals surface area (Å²) in [5, 5.41) is 9.22. The summed E-state index contributed by atoms with van der Waals surface area (Å²) in [5.74, 6) is 0. The molecule has 3 rings (SSSR count). The van der Waals surface area contributed by atoms with Crippen LogP contribution in [0.4, 0.5) is 5.69 Å². The molecule has 2 aliphatic rings. The normalized spacial score (nSPS) is 18.1. The summed E-state index contributed by atoms with van der Waals surface area (Å²) in [5.41, 5.74) is 9.12. The standard InChI is InChI=1S/C12H15NO/c14-13-12-10-5-1-3-8(10)7-9-4-2-6-11(9)12/h7,13-14H,1-6H2. The highest BCUT2D eigenvalue weighted by Gasteiger charge is 2.23. The van der Waals surface area contributed by atoms with E-state index in [1.54, 1.807) is 0 Å². The van der Waals surface area contributed by atoms with E-state index < -0.39 is 0 Å². The van der Waals surface area contributed by atoms with Gasteiger partial charge < -0.3 is 0 Å². The number of nitrogens with one attached hydrogen (secondary N) is 1. The predicted molar refractivity (Wildman–Crippen MR) is 55.9 cm³/mol. The van der Waals surface area contributed by atoms with Crippen LogP contribution < -0.4 is 5.48 Å². The largest absolute Gasteiger partial charge is 0.291 e. The van der Waals surface area contributed by atoms with Gasteiger partial charge in [0.25, 0.3) is 0 Å². The number of hydrogen-bond donors (Lipinski definition) is 2. The van der Waals surface area contributed by atoms with E-state index in [2.05, 4.69) is 11.5 Å². The van der Waals surface area contributed by atoms with Crippen LogP contribution in [-0.2, 0) is 25.7 Å². The molecule has 2 aliphatic carbocycles. The molecule has 2 heteroatoms. The van der Waals surface area contributed by atoms with Crippen LogP contribution in [0.5, 0.6) is 0 Å². The molecule has 0 saturated heterocycles. The minimum Gasteiger partial charge on any atom is -0.291 e. The molecule has 74 valence electrons. The molecule has 0 fully saturated rings. The molecule has 0 atom stereocenters. The fraction of sp³-hybridized carbons (Fsp3) is 0.500. The van der Waals surface area contributed by atoms with E-state index in [0.29, 0.717) is 0 Å². The Kier molecular flexibility index (Phi) is 1.77. The molecule has 1 aromatic carbocycles. The molecular weight excluding hydrogens is 174 g/mol. The lowest BCUT2D eigenvalue weighted by molar-refractivity contribution is 0.387. The van der Waals surface area contributed by atoms with Crippen molar-refractivity contribution < 1.29 is 5.21 Å². The van der Waals surface area contributed by atoms with Crippen molar-refractivity contribution in [2.24, 2.45) is 0 Å². The summed E-state index contributed by atoms with van der Waals surface area (Å²) in [7, 11) is 0. The zero-order valence-electron chi connectivity index (χ0n) is 8.27. The van der Waals surface area contributed by atoms with Gasteiger partial charge in [0, 0.05) is 0 Å². The Balaban J connectivity index is 2.24. The van der Waals surface area contributed by atoms with Gasteiger partial charge in [-0.3, -0.25) is 10.7 Å². The van der Waals surface area contributed by atoms with Crippen molar-refractivity contribution in [2.45, 2.75) is 38.5 Å². The highest BCUT2D eigenvalue weighted by Crippen LogP contribution is 2.38. The van der Waals surface area contributed by atoms with Crippen molar-refractivity contribution in [3.63, 3.8) is 0 Å². The molecule has 0 amide bonds. The lowest BCUT2D eigenvalue weighted by Crippen LogP contribution is -2.01.